The van der Waals surface area contributed by atoms with E-state index in [-0.39, 0.29) is 19.2 Å². The molecule has 0 amide bonds. The summed E-state index contributed by atoms with van der Waals surface area (Å²) in [5, 5.41) is 34.5. The predicted molar refractivity (Wildman–Crippen MR) is 116 cm³/mol. The Bertz CT molecular complexity index is 986. The molecule has 2 aromatic heterocycles. The van der Waals surface area contributed by atoms with Gasteiger partial charge in [0.05, 0.1) is 24.9 Å². The minimum atomic E-state index is -4.45. The van der Waals surface area contributed by atoms with E-state index >= 15 is 0 Å². The summed E-state index contributed by atoms with van der Waals surface area (Å²) in [5.41, 5.74) is -0.774. The topological polar surface area (TPSA) is 91.0 Å². The van der Waals surface area contributed by atoms with Gasteiger partial charge in [-0.1, -0.05) is 0 Å². The number of likely N-dealkylation sites (tertiary alicyclic amines) is 1. The van der Waals surface area contributed by atoms with Crippen LogP contribution in [0.25, 0.3) is 0 Å². The highest BCUT2D eigenvalue weighted by molar-refractivity contribution is 7.12. The lowest BCUT2D eigenvalue weighted by atomic mass is 9.81. The minimum Gasteiger partial charge on any atom is -0.388 e. The third kappa shape index (κ3) is 4.98. The van der Waals surface area contributed by atoms with Gasteiger partial charge in [-0.3, -0.25) is 9.58 Å². The molecule has 1 spiro atoms. The van der Waals surface area contributed by atoms with Crippen molar-refractivity contribution < 1.29 is 33.2 Å². The van der Waals surface area contributed by atoms with E-state index in [0.717, 1.165) is 11.6 Å². The first-order chi connectivity index (χ1) is 15.3. The summed E-state index contributed by atoms with van der Waals surface area (Å²) in [6.07, 6.45) is -1.86. The van der Waals surface area contributed by atoms with Crippen LogP contribution in [-0.2, 0) is 29.6 Å². The molecular formula is C22H30F3N3O4S. The molecule has 4 rings (SSSR count). The molecule has 1 fully saturated rings. The zero-order chi connectivity index (χ0) is 24.2. The van der Waals surface area contributed by atoms with Gasteiger partial charge < -0.3 is 20.1 Å². The molecule has 0 bridgehead atoms. The van der Waals surface area contributed by atoms with Crippen LogP contribution in [0.15, 0.2) is 18.5 Å². The van der Waals surface area contributed by atoms with Crippen molar-refractivity contribution in [2.45, 2.75) is 82.3 Å². The minimum absolute atomic E-state index is 0.00987. The van der Waals surface area contributed by atoms with Crippen LogP contribution < -0.4 is 0 Å². The molecule has 7 nitrogen and oxygen atoms in total. The van der Waals surface area contributed by atoms with Gasteiger partial charge in [0.2, 0.25) is 0 Å². The highest BCUT2D eigenvalue weighted by Gasteiger charge is 2.48. The van der Waals surface area contributed by atoms with Gasteiger partial charge in [-0.2, -0.15) is 18.3 Å². The molecule has 2 aromatic rings. The summed E-state index contributed by atoms with van der Waals surface area (Å²) in [7, 11) is 0. The standard InChI is InChI=1S/C22H30F3N3O4S/c1-13-7-21(19-15(16(29)12-32-21)6-18(33-19)22(23,24)25)4-5-27(13)9-14-8-26-28(10-14)11-17(30)20(2,3)31/h6,8,10,13,16-17,29-31H,4-5,7,9,11-12H2,1-3H3/t13-,16+,17-,21+/m0/s1. The number of hydrogen-bond acceptors (Lipinski definition) is 7. The fourth-order valence-electron chi connectivity index (χ4n) is 4.59. The number of halogens is 3. The van der Waals surface area contributed by atoms with Crippen LogP contribution in [-0.4, -0.2) is 60.9 Å². The molecule has 4 heterocycles. The lowest BCUT2D eigenvalue weighted by Gasteiger charge is -2.47. The molecule has 2 aliphatic rings. The van der Waals surface area contributed by atoms with E-state index in [1.165, 1.54) is 13.8 Å². The molecule has 0 unspecified atom stereocenters. The Morgan fingerprint density at radius 3 is 2.73 bits per heavy atom. The van der Waals surface area contributed by atoms with E-state index in [2.05, 4.69) is 10.00 Å². The number of aliphatic hydroxyl groups is 3. The number of nitrogens with zero attached hydrogens (tertiary/aromatic N) is 3. The Hall–Kier alpha value is -1.50. The van der Waals surface area contributed by atoms with Crippen LogP contribution >= 0.6 is 11.3 Å². The lowest BCUT2D eigenvalue weighted by Crippen LogP contribution is -2.50. The van der Waals surface area contributed by atoms with Gasteiger partial charge in [-0.05, 0) is 39.7 Å². The van der Waals surface area contributed by atoms with Crippen LogP contribution in [0.5, 0.6) is 0 Å². The van der Waals surface area contributed by atoms with Crippen LogP contribution in [0.3, 0.4) is 0 Å². The van der Waals surface area contributed by atoms with Crippen molar-refractivity contribution in [2.75, 3.05) is 13.2 Å². The number of piperidine rings is 1. The number of fused-ring (bicyclic) bond motifs is 2. The second kappa shape index (κ2) is 8.62. The Morgan fingerprint density at radius 2 is 2.09 bits per heavy atom. The molecule has 33 heavy (non-hydrogen) atoms. The summed E-state index contributed by atoms with van der Waals surface area (Å²) >= 11 is 0.684. The van der Waals surface area contributed by atoms with Crippen LogP contribution in [0.1, 0.15) is 60.6 Å². The van der Waals surface area contributed by atoms with E-state index in [1.807, 2.05) is 13.1 Å². The summed E-state index contributed by atoms with van der Waals surface area (Å²) in [6, 6.07) is 1.10. The second-order valence-electron chi connectivity index (χ2n) is 9.73. The van der Waals surface area contributed by atoms with Crippen molar-refractivity contribution >= 4 is 11.3 Å². The molecule has 11 heteroatoms. The fourth-order valence-corrected chi connectivity index (χ4v) is 5.85. The van der Waals surface area contributed by atoms with Crippen molar-refractivity contribution in [1.82, 2.24) is 14.7 Å². The first-order valence-corrected chi connectivity index (χ1v) is 11.8. The Balaban J connectivity index is 1.46. The molecule has 0 aromatic carbocycles. The molecule has 184 valence electrons. The number of aliphatic hydroxyl groups excluding tert-OH is 2. The molecule has 2 aliphatic heterocycles. The number of aromatic nitrogens is 2. The maximum Gasteiger partial charge on any atom is 0.425 e. The fraction of sp³-hybridized carbons (Fsp3) is 0.682. The largest absolute Gasteiger partial charge is 0.425 e. The van der Waals surface area contributed by atoms with E-state index in [9.17, 15) is 28.5 Å². The first kappa shape index (κ1) is 24.6. The van der Waals surface area contributed by atoms with Gasteiger partial charge in [0, 0.05) is 41.3 Å². The molecule has 0 aliphatic carbocycles. The number of alkyl halides is 3. The Labute approximate surface area is 194 Å². The van der Waals surface area contributed by atoms with Gasteiger partial charge in [-0.25, -0.2) is 0 Å². The molecule has 3 N–H and O–H groups in total. The van der Waals surface area contributed by atoms with Crippen molar-refractivity contribution in [1.29, 1.82) is 0 Å². The zero-order valence-corrected chi connectivity index (χ0v) is 19.7. The van der Waals surface area contributed by atoms with Crippen LogP contribution in [0, 0.1) is 0 Å². The Morgan fingerprint density at radius 1 is 1.36 bits per heavy atom. The maximum absolute atomic E-state index is 13.3. The second-order valence-corrected chi connectivity index (χ2v) is 10.8. The average molecular weight is 490 g/mol. The van der Waals surface area contributed by atoms with Crippen molar-refractivity contribution in [3.8, 4) is 0 Å². The van der Waals surface area contributed by atoms with Gasteiger partial charge >= 0.3 is 6.18 Å². The smallest absolute Gasteiger partial charge is 0.388 e. The average Bonchev–Trinajstić information content (AvgIpc) is 3.34. The van der Waals surface area contributed by atoms with E-state index in [1.54, 1.807) is 10.9 Å². The van der Waals surface area contributed by atoms with E-state index in [0.29, 0.717) is 47.7 Å². The van der Waals surface area contributed by atoms with E-state index < -0.39 is 34.5 Å². The molecule has 1 saturated heterocycles. The molecule has 0 saturated carbocycles. The third-order valence-electron chi connectivity index (χ3n) is 6.63. The summed E-state index contributed by atoms with van der Waals surface area (Å²) in [6.45, 7) is 6.48. The van der Waals surface area contributed by atoms with Crippen molar-refractivity contribution in [3.05, 3.63) is 39.3 Å². The number of thiophene rings is 1. The number of rotatable bonds is 5. The monoisotopic (exact) mass is 489 g/mol. The van der Waals surface area contributed by atoms with Gasteiger partial charge in [0.25, 0.3) is 0 Å². The van der Waals surface area contributed by atoms with Crippen LogP contribution in [0.4, 0.5) is 13.2 Å². The number of ether oxygens (including phenoxy) is 1. The predicted octanol–water partition coefficient (Wildman–Crippen LogP) is 3.04. The Kier molecular flexibility index (Phi) is 6.43. The molecule has 0 radical (unpaired) electrons. The third-order valence-corrected chi connectivity index (χ3v) is 8.01. The first-order valence-electron chi connectivity index (χ1n) is 11.0. The summed E-state index contributed by atoms with van der Waals surface area (Å²) < 4.78 is 47.6. The SMILES string of the molecule is C[C@H]1C[C@@]2(CCN1Cc1cnn(C[C@H](O)C(C)(C)O)c1)OC[C@@H](O)c1cc(C(F)(F)F)sc12. The lowest BCUT2D eigenvalue weighted by molar-refractivity contribution is -0.139. The number of hydrogen-bond donors (Lipinski definition) is 3. The van der Waals surface area contributed by atoms with Gasteiger partial charge in [-0.15, -0.1) is 11.3 Å². The van der Waals surface area contributed by atoms with E-state index in [4.69, 9.17) is 4.74 Å². The van der Waals surface area contributed by atoms with Crippen molar-refractivity contribution in [2.24, 2.45) is 0 Å². The maximum atomic E-state index is 13.3. The van der Waals surface area contributed by atoms with Gasteiger partial charge in [0.1, 0.15) is 22.7 Å². The summed E-state index contributed by atoms with van der Waals surface area (Å²) in [4.78, 5) is 2.02. The normalized spacial score (nSPS) is 27.7. The quantitative estimate of drug-likeness (QED) is 0.598. The van der Waals surface area contributed by atoms with Crippen LogP contribution in [0.2, 0.25) is 0 Å². The van der Waals surface area contributed by atoms with Gasteiger partial charge in [0.15, 0.2) is 0 Å². The molecular weight excluding hydrogens is 459 g/mol. The zero-order valence-electron chi connectivity index (χ0n) is 18.8. The highest BCUT2D eigenvalue weighted by Crippen LogP contribution is 2.51. The van der Waals surface area contributed by atoms with Crippen molar-refractivity contribution in [3.63, 3.8) is 0 Å². The molecule has 4 atom stereocenters. The summed E-state index contributed by atoms with van der Waals surface area (Å²) in [5.74, 6) is 0. The highest BCUT2D eigenvalue weighted by atomic mass is 32.1.